The summed E-state index contributed by atoms with van der Waals surface area (Å²) >= 11 is 0. The Morgan fingerprint density at radius 2 is 1.70 bits per heavy atom. The van der Waals surface area contributed by atoms with E-state index >= 15 is 0 Å². The molecule has 0 saturated carbocycles. The molecule has 1 aliphatic rings. The molecule has 0 unspecified atom stereocenters. The second kappa shape index (κ2) is 8.01. The summed E-state index contributed by atoms with van der Waals surface area (Å²) < 4.78 is 42.0. The van der Waals surface area contributed by atoms with Gasteiger partial charge in [-0.05, 0) is 54.8 Å². The number of hydrogen-bond acceptors (Lipinski definition) is 3. The van der Waals surface area contributed by atoms with Crippen molar-refractivity contribution in [3.05, 3.63) is 94.8 Å². The van der Waals surface area contributed by atoms with Crippen LogP contribution in [0.5, 0.6) is 0 Å². The summed E-state index contributed by atoms with van der Waals surface area (Å²) in [6, 6.07) is 18.1. The third-order valence-corrected chi connectivity index (χ3v) is 7.07. The molecule has 5 nitrogen and oxygen atoms in total. The van der Waals surface area contributed by atoms with Crippen molar-refractivity contribution in [2.24, 2.45) is 0 Å². The smallest absolute Gasteiger partial charge is 0.258 e. The summed E-state index contributed by atoms with van der Waals surface area (Å²) in [5.74, 6) is -1.47. The van der Waals surface area contributed by atoms with Gasteiger partial charge in [-0.3, -0.25) is 4.79 Å². The Kier molecular flexibility index (Phi) is 5.40. The van der Waals surface area contributed by atoms with Gasteiger partial charge in [-0.2, -0.15) is 4.31 Å². The van der Waals surface area contributed by atoms with Crippen molar-refractivity contribution < 1.29 is 17.6 Å². The predicted molar refractivity (Wildman–Crippen MR) is 113 cm³/mol. The number of anilines is 1. The number of amides is 1. The van der Waals surface area contributed by atoms with E-state index in [4.69, 9.17) is 0 Å². The maximum atomic E-state index is 14.3. The number of aryl methyl sites for hydroxylation is 1. The summed E-state index contributed by atoms with van der Waals surface area (Å²) in [7, 11) is -3.87. The van der Waals surface area contributed by atoms with Crippen LogP contribution in [0.3, 0.4) is 0 Å². The lowest BCUT2D eigenvalue weighted by molar-refractivity contribution is 0.102. The summed E-state index contributed by atoms with van der Waals surface area (Å²) in [4.78, 5) is 12.5. The van der Waals surface area contributed by atoms with Gasteiger partial charge in [0.05, 0.1) is 10.5 Å². The normalized spacial score (nSPS) is 14.2. The first-order valence-electron chi connectivity index (χ1n) is 9.59. The number of carbonyl (C=O) groups excluding carboxylic acids is 1. The summed E-state index contributed by atoms with van der Waals surface area (Å²) in [6.07, 6.45) is 0.608. The number of rotatable bonds is 4. The van der Waals surface area contributed by atoms with Crippen molar-refractivity contribution >= 4 is 21.6 Å². The monoisotopic (exact) mass is 424 g/mol. The van der Waals surface area contributed by atoms with Crippen molar-refractivity contribution in [1.29, 1.82) is 0 Å². The molecule has 3 aromatic rings. The Morgan fingerprint density at radius 3 is 2.43 bits per heavy atom. The van der Waals surface area contributed by atoms with Crippen LogP contribution in [0.25, 0.3) is 0 Å². The topological polar surface area (TPSA) is 66.5 Å². The first-order valence-corrected chi connectivity index (χ1v) is 11.0. The van der Waals surface area contributed by atoms with E-state index in [1.165, 1.54) is 10.4 Å². The molecule has 4 rings (SSSR count). The number of hydrogen-bond donors (Lipinski definition) is 1. The van der Waals surface area contributed by atoms with Crippen LogP contribution in [-0.2, 0) is 23.0 Å². The molecule has 1 N–H and O–H groups in total. The van der Waals surface area contributed by atoms with Crippen LogP contribution < -0.4 is 5.32 Å². The number of fused-ring (bicyclic) bond motifs is 1. The molecule has 30 heavy (non-hydrogen) atoms. The average molecular weight is 424 g/mol. The Labute approximate surface area is 175 Å². The van der Waals surface area contributed by atoms with Crippen molar-refractivity contribution in [3.8, 4) is 0 Å². The molecule has 154 valence electrons. The minimum Gasteiger partial charge on any atom is -0.322 e. The second-order valence-electron chi connectivity index (χ2n) is 7.32. The predicted octanol–water partition coefficient (Wildman–Crippen LogP) is 4.13. The van der Waals surface area contributed by atoms with Gasteiger partial charge in [0, 0.05) is 18.8 Å². The van der Waals surface area contributed by atoms with Gasteiger partial charge >= 0.3 is 0 Å². The van der Waals surface area contributed by atoms with E-state index in [1.807, 2.05) is 43.3 Å². The number of nitrogens with one attached hydrogen (secondary N) is 1. The maximum absolute atomic E-state index is 14.3. The van der Waals surface area contributed by atoms with Crippen molar-refractivity contribution in [2.45, 2.75) is 24.8 Å². The van der Waals surface area contributed by atoms with Gasteiger partial charge in [-0.1, -0.05) is 42.0 Å². The van der Waals surface area contributed by atoms with Crippen LogP contribution in [0.4, 0.5) is 10.1 Å². The van der Waals surface area contributed by atoms with Crippen LogP contribution in [-0.4, -0.2) is 25.2 Å². The van der Waals surface area contributed by atoms with Crippen LogP contribution in [0.2, 0.25) is 0 Å². The van der Waals surface area contributed by atoms with E-state index in [0.717, 1.165) is 28.8 Å². The Balaban J connectivity index is 1.60. The largest absolute Gasteiger partial charge is 0.322 e. The quantitative estimate of drug-likeness (QED) is 0.685. The van der Waals surface area contributed by atoms with Gasteiger partial charge in [0.25, 0.3) is 5.91 Å². The molecule has 7 heteroatoms. The standard InChI is InChI=1S/C23H21FN2O3S/c1-16-6-8-19(9-7-16)25-23(27)21-14-20(10-11-22(21)24)30(28,29)26-13-12-17-4-2-3-5-18(17)15-26/h2-11,14H,12-13,15H2,1H3,(H,25,27). The first-order chi connectivity index (χ1) is 14.3. The van der Waals surface area contributed by atoms with E-state index < -0.39 is 21.7 Å². The molecule has 0 bridgehead atoms. The maximum Gasteiger partial charge on any atom is 0.258 e. The van der Waals surface area contributed by atoms with Gasteiger partial charge in [-0.15, -0.1) is 0 Å². The molecular formula is C23H21FN2O3S. The second-order valence-corrected chi connectivity index (χ2v) is 9.26. The molecule has 3 aromatic carbocycles. The van der Waals surface area contributed by atoms with E-state index in [-0.39, 0.29) is 17.0 Å². The molecule has 1 heterocycles. The lowest BCUT2D eigenvalue weighted by atomic mass is 10.0. The first kappa shape index (κ1) is 20.3. The molecule has 0 radical (unpaired) electrons. The zero-order valence-corrected chi connectivity index (χ0v) is 17.2. The summed E-state index contributed by atoms with van der Waals surface area (Å²) in [6.45, 7) is 2.50. The fraction of sp³-hybridized carbons (Fsp3) is 0.174. The zero-order chi connectivity index (χ0) is 21.3. The molecule has 1 amide bonds. The molecule has 0 spiro atoms. The van der Waals surface area contributed by atoms with E-state index in [2.05, 4.69) is 5.32 Å². The fourth-order valence-corrected chi connectivity index (χ4v) is 4.94. The lowest BCUT2D eigenvalue weighted by Crippen LogP contribution is -2.36. The Bertz CT molecular complexity index is 1210. The number of sulfonamides is 1. The molecule has 0 aromatic heterocycles. The average Bonchev–Trinajstić information content (AvgIpc) is 2.75. The van der Waals surface area contributed by atoms with E-state index in [9.17, 15) is 17.6 Å². The molecule has 0 saturated heterocycles. The number of benzene rings is 3. The Hall–Kier alpha value is -3.03. The molecule has 0 atom stereocenters. The van der Waals surface area contributed by atoms with Crippen LogP contribution in [0.15, 0.2) is 71.6 Å². The minimum absolute atomic E-state index is 0.0997. The Morgan fingerprint density at radius 1 is 1.00 bits per heavy atom. The van der Waals surface area contributed by atoms with E-state index in [0.29, 0.717) is 18.7 Å². The third-order valence-electron chi connectivity index (χ3n) is 5.23. The molecule has 0 fully saturated rings. The van der Waals surface area contributed by atoms with Crippen LogP contribution in [0.1, 0.15) is 27.0 Å². The van der Waals surface area contributed by atoms with E-state index in [1.54, 1.807) is 12.1 Å². The number of carbonyl (C=O) groups is 1. The highest BCUT2D eigenvalue weighted by Crippen LogP contribution is 2.26. The highest BCUT2D eigenvalue weighted by Gasteiger charge is 2.29. The summed E-state index contributed by atoms with van der Waals surface area (Å²) in [5.41, 5.74) is 3.29. The van der Waals surface area contributed by atoms with Gasteiger partial charge < -0.3 is 5.32 Å². The third kappa shape index (κ3) is 3.99. The van der Waals surface area contributed by atoms with Crippen LogP contribution >= 0.6 is 0 Å². The molecule has 0 aliphatic carbocycles. The lowest BCUT2D eigenvalue weighted by Gasteiger charge is -2.28. The number of halogens is 1. The van der Waals surface area contributed by atoms with Crippen molar-refractivity contribution in [1.82, 2.24) is 4.31 Å². The fourth-order valence-electron chi connectivity index (χ4n) is 3.50. The van der Waals surface area contributed by atoms with Gasteiger partial charge in [0.15, 0.2) is 0 Å². The van der Waals surface area contributed by atoms with Gasteiger partial charge in [-0.25, -0.2) is 12.8 Å². The summed E-state index contributed by atoms with van der Waals surface area (Å²) in [5, 5.41) is 2.61. The highest BCUT2D eigenvalue weighted by atomic mass is 32.2. The highest BCUT2D eigenvalue weighted by molar-refractivity contribution is 7.89. The molecule has 1 aliphatic heterocycles. The number of nitrogens with zero attached hydrogens (tertiary/aromatic N) is 1. The molecular weight excluding hydrogens is 403 g/mol. The van der Waals surface area contributed by atoms with Crippen molar-refractivity contribution in [3.63, 3.8) is 0 Å². The van der Waals surface area contributed by atoms with Crippen molar-refractivity contribution in [2.75, 3.05) is 11.9 Å². The van der Waals surface area contributed by atoms with Crippen LogP contribution in [0, 0.1) is 12.7 Å². The van der Waals surface area contributed by atoms with Gasteiger partial charge in [0.1, 0.15) is 5.82 Å². The minimum atomic E-state index is -3.87. The van der Waals surface area contributed by atoms with Gasteiger partial charge in [0.2, 0.25) is 10.0 Å². The SMILES string of the molecule is Cc1ccc(NC(=O)c2cc(S(=O)(=O)N3CCc4ccccc4C3)ccc2F)cc1. The zero-order valence-electron chi connectivity index (χ0n) is 16.4.